The minimum absolute atomic E-state index is 0.425. The number of likely N-dealkylation sites (tertiary alicyclic amines) is 1. The number of ether oxygens (including phenoxy) is 1. The third kappa shape index (κ3) is 4.90. The summed E-state index contributed by atoms with van der Waals surface area (Å²) in [5.41, 5.74) is 8.77. The van der Waals surface area contributed by atoms with Crippen molar-refractivity contribution in [3.63, 3.8) is 0 Å². The number of hydrogen-bond acceptors (Lipinski definition) is 5. The van der Waals surface area contributed by atoms with Crippen molar-refractivity contribution in [3.05, 3.63) is 53.9 Å². The highest BCUT2D eigenvalue weighted by atomic mass is 16.5. The second kappa shape index (κ2) is 8.27. The molecule has 1 aliphatic heterocycles. The number of hydrogen-bond donors (Lipinski definition) is 1. The summed E-state index contributed by atoms with van der Waals surface area (Å²) in [7, 11) is 0. The van der Waals surface area contributed by atoms with Crippen LogP contribution in [0.25, 0.3) is 0 Å². The van der Waals surface area contributed by atoms with E-state index in [4.69, 9.17) is 10.5 Å². The number of aromatic nitrogens is 3. The lowest BCUT2D eigenvalue weighted by Gasteiger charge is -2.31. The highest BCUT2D eigenvalue weighted by Crippen LogP contribution is 2.24. The van der Waals surface area contributed by atoms with E-state index in [1.54, 1.807) is 0 Å². The summed E-state index contributed by atoms with van der Waals surface area (Å²) in [6.45, 7) is 9.92. The quantitative estimate of drug-likeness (QED) is 0.784. The van der Waals surface area contributed by atoms with Crippen LogP contribution in [-0.4, -0.2) is 39.6 Å². The molecule has 1 fully saturated rings. The molecule has 1 saturated heterocycles. The molecule has 0 spiro atoms. The van der Waals surface area contributed by atoms with Crippen LogP contribution in [-0.2, 0) is 13.1 Å². The van der Waals surface area contributed by atoms with Gasteiger partial charge in [0.1, 0.15) is 12.4 Å². The van der Waals surface area contributed by atoms with Crippen molar-refractivity contribution in [2.24, 2.45) is 5.73 Å². The Balaban J connectivity index is 1.51. The number of benzene rings is 1. The van der Waals surface area contributed by atoms with Crippen molar-refractivity contribution in [1.82, 2.24) is 19.9 Å². The van der Waals surface area contributed by atoms with Gasteiger partial charge in [-0.15, -0.1) is 5.10 Å². The van der Waals surface area contributed by atoms with Crippen LogP contribution in [0.15, 0.2) is 42.6 Å². The van der Waals surface area contributed by atoms with Gasteiger partial charge in [-0.1, -0.05) is 23.9 Å². The highest BCUT2D eigenvalue weighted by molar-refractivity contribution is 5.28. The molecule has 0 unspecified atom stereocenters. The van der Waals surface area contributed by atoms with Crippen LogP contribution in [0, 0.1) is 0 Å². The minimum atomic E-state index is 0.425. The third-order valence-corrected chi connectivity index (χ3v) is 4.49. The summed E-state index contributed by atoms with van der Waals surface area (Å²) in [5, 5.41) is 8.30. The van der Waals surface area contributed by atoms with E-state index >= 15 is 0 Å². The minimum Gasteiger partial charge on any atom is -0.489 e. The van der Waals surface area contributed by atoms with Crippen LogP contribution in [0.3, 0.4) is 0 Å². The van der Waals surface area contributed by atoms with Crippen molar-refractivity contribution in [2.75, 3.05) is 19.7 Å². The van der Waals surface area contributed by atoms with E-state index in [1.807, 2.05) is 23.9 Å². The number of piperidine rings is 1. The van der Waals surface area contributed by atoms with E-state index in [0.29, 0.717) is 19.2 Å². The predicted molar refractivity (Wildman–Crippen MR) is 98.2 cm³/mol. The maximum Gasteiger partial charge on any atom is 0.120 e. The molecular formula is C19H27N5O. The highest BCUT2D eigenvalue weighted by Gasteiger charge is 2.21. The van der Waals surface area contributed by atoms with Crippen molar-refractivity contribution < 1.29 is 4.74 Å². The first kappa shape index (κ1) is 17.6. The van der Waals surface area contributed by atoms with Gasteiger partial charge in [-0.3, -0.25) is 4.90 Å². The van der Waals surface area contributed by atoms with E-state index in [-0.39, 0.29) is 0 Å². The fourth-order valence-corrected chi connectivity index (χ4v) is 3.13. The van der Waals surface area contributed by atoms with Crippen molar-refractivity contribution in [2.45, 2.75) is 38.9 Å². The molecule has 2 N–H and O–H groups in total. The predicted octanol–water partition coefficient (Wildman–Crippen LogP) is 2.53. The topological polar surface area (TPSA) is 69.2 Å². The Hall–Kier alpha value is -2.18. The fourth-order valence-electron chi connectivity index (χ4n) is 3.13. The summed E-state index contributed by atoms with van der Waals surface area (Å²) in [6.07, 6.45) is 4.14. The molecule has 0 saturated carbocycles. The molecule has 2 heterocycles. The molecule has 134 valence electrons. The van der Waals surface area contributed by atoms with Crippen LogP contribution < -0.4 is 10.5 Å². The van der Waals surface area contributed by atoms with Gasteiger partial charge in [-0.25, -0.2) is 4.68 Å². The monoisotopic (exact) mass is 341 g/mol. The zero-order valence-corrected chi connectivity index (χ0v) is 14.9. The van der Waals surface area contributed by atoms with Gasteiger partial charge in [0.25, 0.3) is 0 Å². The van der Waals surface area contributed by atoms with E-state index in [0.717, 1.165) is 49.5 Å². The van der Waals surface area contributed by atoms with Gasteiger partial charge in [0.05, 0.1) is 17.9 Å². The lowest BCUT2D eigenvalue weighted by atomic mass is 10.0. The van der Waals surface area contributed by atoms with Gasteiger partial charge in [-0.2, -0.15) is 0 Å². The normalized spacial score (nSPS) is 16.1. The molecule has 0 radical (unpaired) electrons. The first-order valence-electron chi connectivity index (χ1n) is 8.83. The molecule has 6 heteroatoms. The molecule has 25 heavy (non-hydrogen) atoms. The fraction of sp³-hybridized carbons (Fsp3) is 0.474. The lowest BCUT2D eigenvalue weighted by Crippen LogP contribution is -2.34. The van der Waals surface area contributed by atoms with E-state index in [9.17, 15) is 0 Å². The Bertz CT molecular complexity index is 703. The number of nitrogens with two attached hydrogens (primary N) is 1. The summed E-state index contributed by atoms with van der Waals surface area (Å²) in [5.74, 6) is 0.910. The molecule has 3 rings (SSSR count). The van der Waals surface area contributed by atoms with Crippen molar-refractivity contribution >= 4 is 0 Å². The zero-order chi connectivity index (χ0) is 17.6. The van der Waals surface area contributed by atoms with Crippen LogP contribution in [0.1, 0.15) is 37.1 Å². The first-order valence-corrected chi connectivity index (χ1v) is 8.83. The van der Waals surface area contributed by atoms with E-state index in [2.05, 4.69) is 40.0 Å². The smallest absolute Gasteiger partial charge is 0.120 e. The summed E-state index contributed by atoms with van der Waals surface area (Å²) in [4.78, 5) is 2.48. The maximum atomic E-state index is 5.74. The van der Waals surface area contributed by atoms with Crippen LogP contribution in [0.5, 0.6) is 5.75 Å². The summed E-state index contributed by atoms with van der Waals surface area (Å²) >= 11 is 0. The molecule has 1 aromatic heterocycles. The van der Waals surface area contributed by atoms with Gasteiger partial charge >= 0.3 is 0 Å². The Morgan fingerprint density at radius 1 is 1.36 bits per heavy atom. The average molecular weight is 341 g/mol. The molecule has 2 aromatic rings. The van der Waals surface area contributed by atoms with E-state index < -0.39 is 0 Å². The van der Waals surface area contributed by atoms with Crippen molar-refractivity contribution in [3.8, 4) is 5.75 Å². The Labute approximate surface area is 149 Å². The van der Waals surface area contributed by atoms with Crippen LogP contribution in [0.2, 0.25) is 0 Å². The summed E-state index contributed by atoms with van der Waals surface area (Å²) in [6, 6.07) is 8.76. The lowest BCUT2D eigenvalue weighted by molar-refractivity contribution is 0.172. The molecule has 0 amide bonds. The Kier molecular flexibility index (Phi) is 5.83. The van der Waals surface area contributed by atoms with Gasteiger partial charge < -0.3 is 10.5 Å². The SMILES string of the molecule is C=C(C)COc1cccc(CN2CCC(n3cc(CN)nn3)CC2)c1. The van der Waals surface area contributed by atoms with Crippen molar-refractivity contribution in [1.29, 1.82) is 0 Å². The largest absolute Gasteiger partial charge is 0.489 e. The first-order chi connectivity index (χ1) is 12.1. The van der Waals surface area contributed by atoms with E-state index in [1.165, 1.54) is 5.56 Å². The standard InChI is InChI=1S/C19H27N5O/c1-15(2)14-25-19-5-3-4-16(10-19)12-23-8-6-18(7-9-23)24-13-17(11-20)21-22-24/h3-5,10,13,18H,1,6-9,11-12,14,20H2,2H3. The van der Waals surface area contributed by atoms with Gasteiger partial charge in [0.15, 0.2) is 0 Å². The molecular weight excluding hydrogens is 314 g/mol. The molecule has 0 aliphatic carbocycles. The number of nitrogens with zero attached hydrogens (tertiary/aromatic N) is 4. The molecule has 6 nitrogen and oxygen atoms in total. The second-order valence-electron chi connectivity index (χ2n) is 6.79. The molecule has 1 aliphatic rings. The Morgan fingerprint density at radius 2 is 2.16 bits per heavy atom. The Morgan fingerprint density at radius 3 is 2.84 bits per heavy atom. The summed E-state index contributed by atoms with van der Waals surface area (Å²) < 4.78 is 7.72. The number of rotatable bonds is 7. The maximum absolute atomic E-state index is 5.74. The third-order valence-electron chi connectivity index (χ3n) is 4.49. The van der Waals surface area contributed by atoms with Gasteiger partial charge in [-0.05, 0) is 43.0 Å². The molecule has 0 bridgehead atoms. The second-order valence-corrected chi connectivity index (χ2v) is 6.79. The average Bonchev–Trinajstić information content (AvgIpc) is 3.10. The van der Waals surface area contributed by atoms with Gasteiger partial charge in [0, 0.05) is 26.2 Å². The van der Waals surface area contributed by atoms with Crippen LogP contribution in [0.4, 0.5) is 0 Å². The molecule has 0 atom stereocenters. The zero-order valence-electron chi connectivity index (χ0n) is 14.9. The van der Waals surface area contributed by atoms with Gasteiger partial charge in [0.2, 0.25) is 0 Å². The molecule has 1 aromatic carbocycles. The van der Waals surface area contributed by atoms with Crippen LogP contribution >= 0.6 is 0 Å².